The second kappa shape index (κ2) is 7.84. The molecular formula is C15H16INO3. The van der Waals surface area contributed by atoms with Crippen LogP contribution in [0.2, 0.25) is 0 Å². The molecule has 0 aliphatic rings. The number of esters is 1. The molecule has 0 aliphatic carbocycles. The number of hydrogen-bond donors (Lipinski definition) is 0. The van der Waals surface area contributed by atoms with Gasteiger partial charge in [-0.1, -0.05) is 30.3 Å². The van der Waals surface area contributed by atoms with Gasteiger partial charge < -0.3 is 33.5 Å². The van der Waals surface area contributed by atoms with Gasteiger partial charge in [0.25, 0.3) is 0 Å². The predicted octanol–water partition coefficient (Wildman–Crippen LogP) is -1.18. The lowest BCUT2D eigenvalue weighted by molar-refractivity contribution is -0.688. The zero-order valence-electron chi connectivity index (χ0n) is 11.4. The highest BCUT2D eigenvalue weighted by Crippen LogP contribution is 2.16. The standard InChI is InChI=1S/C15H16NO3.HI/c1-18-14-11-16(9-8-13(14)15(17)19-2)10-12-6-4-3-5-7-12;/h3-9,11H,10H2,1-2H3;1H/q+1;/p-1. The first-order valence-electron chi connectivity index (χ1n) is 5.94. The minimum absolute atomic E-state index is 0. The minimum Gasteiger partial charge on any atom is -1.00 e. The molecule has 1 aromatic carbocycles. The van der Waals surface area contributed by atoms with Crippen LogP contribution in [0, 0.1) is 0 Å². The van der Waals surface area contributed by atoms with Crippen LogP contribution in [0.1, 0.15) is 15.9 Å². The number of rotatable bonds is 4. The SMILES string of the molecule is COC(=O)c1cc[n+](Cc2ccccc2)cc1OC.[I-]. The first kappa shape index (κ1) is 16.4. The smallest absolute Gasteiger partial charge is 0.342 e. The van der Waals surface area contributed by atoms with Gasteiger partial charge in [0.05, 0.1) is 14.2 Å². The van der Waals surface area contributed by atoms with E-state index in [-0.39, 0.29) is 24.0 Å². The Bertz CT molecular complexity index is 573. The molecule has 0 fully saturated rings. The molecule has 0 atom stereocenters. The largest absolute Gasteiger partial charge is 1.00 e. The number of carbonyl (C=O) groups excluding carboxylic acids is 1. The van der Waals surface area contributed by atoms with Crippen molar-refractivity contribution in [2.75, 3.05) is 14.2 Å². The highest BCUT2D eigenvalue weighted by Gasteiger charge is 2.17. The number of halogens is 1. The fourth-order valence-corrected chi connectivity index (χ4v) is 1.85. The van der Waals surface area contributed by atoms with Crippen molar-refractivity contribution in [2.24, 2.45) is 0 Å². The van der Waals surface area contributed by atoms with Crippen LogP contribution in [0.25, 0.3) is 0 Å². The van der Waals surface area contributed by atoms with E-state index in [0.29, 0.717) is 11.3 Å². The molecule has 0 spiro atoms. The van der Waals surface area contributed by atoms with Crippen LogP contribution < -0.4 is 33.3 Å². The topological polar surface area (TPSA) is 39.4 Å². The van der Waals surface area contributed by atoms with Crippen molar-refractivity contribution in [1.82, 2.24) is 0 Å². The Morgan fingerprint density at radius 1 is 1.15 bits per heavy atom. The monoisotopic (exact) mass is 385 g/mol. The Morgan fingerprint density at radius 3 is 2.45 bits per heavy atom. The highest BCUT2D eigenvalue weighted by atomic mass is 127. The summed E-state index contributed by atoms with van der Waals surface area (Å²) in [5, 5.41) is 0. The molecule has 0 radical (unpaired) electrons. The Hall–Kier alpha value is -1.63. The van der Waals surface area contributed by atoms with Gasteiger partial charge in [-0.3, -0.25) is 0 Å². The molecule has 0 saturated carbocycles. The van der Waals surface area contributed by atoms with Gasteiger partial charge in [0.15, 0.2) is 18.5 Å². The van der Waals surface area contributed by atoms with Crippen LogP contribution >= 0.6 is 0 Å². The quantitative estimate of drug-likeness (QED) is 0.378. The molecular weight excluding hydrogens is 369 g/mol. The number of methoxy groups -OCH3 is 2. The van der Waals surface area contributed by atoms with E-state index >= 15 is 0 Å². The normalized spacial score (nSPS) is 9.50. The molecule has 2 rings (SSSR count). The summed E-state index contributed by atoms with van der Waals surface area (Å²) in [6.07, 6.45) is 3.63. The van der Waals surface area contributed by atoms with E-state index in [0.717, 1.165) is 6.54 Å². The lowest BCUT2D eigenvalue weighted by Crippen LogP contribution is -3.00. The van der Waals surface area contributed by atoms with E-state index in [1.807, 2.05) is 41.1 Å². The number of aromatic nitrogens is 1. The van der Waals surface area contributed by atoms with Crippen molar-refractivity contribution in [3.63, 3.8) is 0 Å². The van der Waals surface area contributed by atoms with Gasteiger partial charge in [-0.05, 0) is 0 Å². The van der Waals surface area contributed by atoms with Crippen LogP contribution in [0.4, 0.5) is 0 Å². The Morgan fingerprint density at radius 2 is 1.85 bits per heavy atom. The molecule has 0 aliphatic heterocycles. The minimum atomic E-state index is -0.399. The third-order valence-electron chi connectivity index (χ3n) is 2.81. The summed E-state index contributed by atoms with van der Waals surface area (Å²) in [4.78, 5) is 11.6. The Balaban J connectivity index is 0.00000200. The first-order valence-corrected chi connectivity index (χ1v) is 5.94. The van der Waals surface area contributed by atoms with E-state index in [1.165, 1.54) is 19.8 Å². The zero-order valence-corrected chi connectivity index (χ0v) is 13.5. The van der Waals surface area contributed by atoms with Gasteiger partial charge in [-0.25, -0.2) is 4.79 Å². The summed E-state index contributed by atoms with van der Waals surface area (Å²) in [5.41, 5.74) is 1.61. The van der Waals surface area contributed by atoms with Crippen LogP contribution in [0.5, 0.6) is 5.75 Å². The maximum Gasteiger partial charge on any atom is 0.342 e. The summed E-state index contributed by atoms with van der Waals surface area (Å²) < 4.78 is 11.9. The lowest BCUT2D eigenvalue weighted by atomic mass is 10.2. The maximum atomic E-state index is 11.6. The van der Waals surface area contributed by atoms with Crippen LogP contribution in [-0.4, -0.2) is 20.2 Å². The average molecular weight is 385 g/mol. The summed E-state index contributed by atoms with van der Waals surface area (Å²) in [6, 6.07) is 11.8. The average Bonchev–Trinajstić information content (AvgIpc) is 2.47. The Kier molecular flexibility index (Phi) is 6.44. The lowest BCUT2D eigenvalue weighted by Gasteiger charge is -2.05. The van der Waals surface area contributed by atoms with E-state index in [2.05, 4.69) is 0 Å². The van der Waals surface area contributed by atoms with Gasteiger partial charge in [0.1, 0.15) is 5.56 Å². The number of pyridine rings is 1. The molecule has 0 unspecified atom stereocenters. The molecule has 1 heterocycles. The van der Waals surface area contributed by atoms with E-state index in [1.54, 1.807) is 12.3 Å². The third kappa shape index (κ3) is 3.93. The summed E-state index contributed by atoms with van der Waals surface area (Å²) in [6.45, 7) is 0.721. The predicted molar refractivity (Wildman–Crippen MR) is 70.1 cm³/mol. The molecule has 106 valence electrons. The van der Waals surface area contributed by atoms with Gasteiger partial charge >= 0.3 is 5.97 Å². The number of nitrogens with zero attached hydrogens (tertiary/aromatic N) is 1. The molecule has 0 saturated heterocycles. The fourth-order valence-electron chi connectivity index (χ4n) is 1.85. The van der Waals surface area contributed by atoms with Gasteiger partial charge in [-0.2, -0.15) is 4.57 Å². The number of hydrogen-bond acceptors (Lipinski definition) is 3. The molecule has 2 aromatic rings. The van der Waals surface area contributed by atoms with Crippen molar-refractivity contribution in [1.29, 1.82) is 0 Å². The van der Waals surface area contributed by atoms with E-state index < -0.39 is 5.97 Å². The molecule has 0 amide bonds. The number of ether oxygens (including phenoxy) is 2. The summed E-state index contributed by atoms with van der Waals surface area (Å²) in [7, 11) is 2.89. The third-order valence-corrected chi connectivity index (χ3v) is 2.81. The van der Waals surface area contributed by atoms with Crippen molar-refractivity contribution in [3.8, 4) is 5.75 Å². The Labute approximate surface area is 135 Å². The maximum absolute atomic E-state index is 11.6. The van der Waals surface area contributed by atoms with Crippen LogP contribution in [0.3, 0.4) is 0 Å². The highest BCUT2D eigenvalue weighted by molar-refractivity contribution is 5.91. The number of carbonyl (C=O) groups is 1. The van der Waals surface area contributed by atoms with Crippen molar-refractivity contribution >= 4 is 5.97 Å². The molecule has 0 N–H and O–H groups in total. The van der Waals surface area contributed by atoms with Crippen LogP contribution in [0.15, 0.2) is 48.8 Å². The van der Waals surface area contributed by atoms with Gasteiger partial charge in [0, 0.05) is 11.6 Å². The molecule has 0 bridgehead atoms. The van der Waals surface area contributed by atoms with E-state index in [4.69, 9.17) is 9.47 Å². The second-order valence-corrected chi connectivity index (χ2v) is 4.08. The molecule has 20 heavy (non-hydrogen) atoms. The zero-order chi connectivity index (χ0) is 13.7. The fraction of sp³-hybridized carbons (Fsp3) is 0.200. The number of benzene rings is 1. The van der Waals surface area contributed by atoms with Gasteiger partial charge in [-0.15, -0.1) is 0 Å². The van der Waals surface area contributed by atoms with Crippen molar-refractivity contribution in [2.45, 2.75) is 6.54 Å². The summed E-state index contributed by atoms with van der Waals surface area (Å²) >= 11 is 0. The van der Waals surface area contributed by atoms with Crippen molar-refractivity contribution in [3.05, 3.63) is 59.9 Å². The second-order valence-electron chi connectivity index (χ2n) is 4.08. The summed E-state index contributed by atoms with van der Waals surface area (Å²) in [5.74, 6) is 0.106. The molecule has 1 aromatic heterocycles. The van der Waals surface area contributed by atoms with Gasteiger partial charge in [0.2, 0.25) is 6.20 Å². The molecule has 5 heteroatoms. The van der Waals surface area contributed by atoms with E-state index in [9.17, 15) is 4.79 Å². The van der Waals surface area contributed by atoms with Crippen LogP contribution in [-0.2, 0) is 11.3 Å². The first-order chi connectivity index (χ1) is 9.24. The molecule has 4 nitrogen and oxygen atoms in total. The van der Waals surface area contributed by atoms with Crippen molar-refractivity contribution < 1.29 is 42.8 Å².